The van der Waals surface area contributed by atoms with Crippen molar-refractivity contribution < 1.29 is 0 Å². The maximum absolute atomic E-state index is 5.85. The van der Waals surface area contributed by atoms with Gasteiger partial charge in [0.05, 0.1) is 12.4 Å². The van der Waals surface area contributed by atoms with Gasteiger partial charge in [0.1, 0.15) is 0 Å². The van der Waals surface area contributed by atoms with Gasteiger partial charge in [-0.1, -0.05) is 12.2 Å². The first-order valence-corrected chi connectivity index (χ1v) is 7.22. The van der Waals surface area contributed by atoms with E-state index in [0.717, 1.165) is 42.3 Å². The van der Waals surface area contributed by atoms with Crippen LogP contribution in [-0.4, -0.2) is 26.1 Å². The summed E-state index contributed by atoms with van der Waals surface area (Å²) in [5.41, 5.74) is 7.50. The van der Waals surface area contributed by atoms with Gasteiger partial charge in [0.2, 0.25) is 5.95 Å². The fourth-order valence-corrected chi connectivity index (χ4v) is 2.71. The number of hydrogen-bond donors (Lipinski definition) is 2. The predicted octanol–water partition coefficient (Wildman–Crippen LogP) is 2.12. The Bertz CT molecular complexity index is 670. The molecular weight excluding hydrogens is 252 g/mol. The minimum atomic E-state index is 0.305. The molecule has 1 saturated carbocycles. The number of hydrogen-bond acceptors (Lipinski definition) is 5. The molecular formula is C14H18N6. The molecule has 0 aliphatic heterocycles. The van der Waals surface area contributed by atoms with Gasteiger partial charge >= 0.3 is 0 Å². The molecule has 0 spiro atoms. The van der Waals surface area contributed by atoms with Crippen LogP contribution in [0.25, 0.3) is 11.2 Å². The van der Waals surface area contributed by atoms with Gasteiger partial charge < -0.3 is 15.6 Å². The second-order valence-corrected chi connectivity index (χ2v) is 5.65. The molecule has 2 aromatic rings. The van der Waals surface area contributed by atoms with Gasteiger partial charge in [0.25, 0.3) is 0 Å². The van der Waals surface area contributed by atoms with E-state index < -0.39 is 0 Å². The molecule has 0 bridgehead atoms. The summed E-state index contributed by atoms with van der Waals surface area (Å²) in [7, 11) is 0. The minimum absolute atomic E-state index is 0.305. The molecule has 6 heteroatoms. The maximum atomic E-state index is 5.85. The van der Waals surface area contributed by atoms with E-state index in [1.54, 1.807) is 0 Å². The van der Waals surface area contributed by atoms with Gasteiger partial charge in [-0.15, -0.1) is 0 Å². The lowest BCUT2D eigenvalue weighted by Gasteiger charge is -2.11. The quantitative estimate of drug-likeness (QED) is 0.832. The van der Waals surface area contributed by atoms with Crippen LogP contribution in [0.15, 0.2) is 18.5 Å². The summed E-state index contributed by atoms with van der Waals surface area (Å²) in [6, 6.07) is 0.339. The molecule has 6 nitrogen and oxygen atoms in total. The van der Waals surface area contributed by atoms with Gasteiger partial charge in [0, 0.05) is 6.54 Å². The number of rotatable bonds is 4. The van der Waals surface area contributed by atoms with Gasteiger partial charge in [-0.3, -0.25) is 0 Å². The van der Waals surface area contributed by atoms with E-state index in [2.05, 4.69) is 37.0 Å². The molecule has 1 unspecified atom stereocenters. The van der Waals surface area contributed by atoms with Crippen LogP contribution in [0.5, 0.6) is 0 Å². The fourth-order valence-electron chi connectivity index (χ4n) is 2.71. The smallest absolute Gasteiger partial charge is 0.224 e. The highest BCUT2D eigenvalue weighted by Crippen LogP contribution is 2.31. The summed E-state index contributed by atoms with van der Waals surface area (Å²) in [5, 5.41) is 3.37. The van der Waals surface area contributed by atoms with Crippen molar-refractivity contribution >= 4 is 22.9 Å². The van der Waals surface area contributed by atoms with Crippen molar-refractivity contribution in [2.45, 2.75) is 31.7 Å². The molecule has 2 aliphatic rings. The molecule has 0 saturated heterocycles. The third kappa shape index (κ3) is 2.01. The van der Waals surface area contributed by atoms with Gasteiger partial charge in [-0.2, -0.15) is 9.97 Å². The zero-order valence-corrected chi connectivity index (χ0v) is 11.3. The first kappa shape index (κ1) is 11.7. The van der Waals surface area contributed by atoms with Gasteiger partial charge in [-0.25, -0.2) is 4.98 Å². The highest BCUT2D eigenvalue weighted by Gasteiger charge is 2.23. The summed E-state index contributed by atoms with van der Waals surface area (Å²) in [6.07, 6.45) is 11.1. The molecule has 1 atom stereocenters. The number of allylic oxidation sites excluding steroid dienone is 2. The van der Waals surface area contributed by atoms with E-state index in [1.165, 1.54) is 12.8 Å². The SMILES string of the molecule is Nc1nc(NCC2CC2)c2ncn(C3C=CCC3)c2n1. The van der Waals surface area contributed by atoms with Crippen molar-refractivity contribution in [3.63, 3.8) is 0 Å². The summed E-state index contributed by atoms with van der Waals surface area (Å²) in [4.78, 5) is 13.2. The Morgan fingerprint density at radius 1 is 1.30 bits per heavy atom. The Morgan fingerprint density at radius 2 is 2.20 bits per heavy atom. The average molecular weight is 270 g/mol. The molecule has 0 aromatic carbocycles. The van der Waals surface area contributed by atoms with E-state index in [-0.39, 0.29) is 0 Å². The van der Waals surface area contributed by atoms with E-state index in [0.29, 0.717) is 12.0 Å². The largest absolute Gasteiger partial charge is 0.368 e. The molecule has 1 fully saturated rings. The monoisotopic (exact) mass is 270 g/mol. The van der Waals surface area contributed by atoms with E-state index in [1.807, 2.05) is 6.33 Å². The number of nitrogens with two attached hydrogens (primary N) is 1. The molecule has 2 aromatic heterocycles. The third-order valence-corrected chi connectivity index (χ3v) is 4.04. The van der Waals surface area contributed by atoms with E-state index in [9.17, 15) is 0 Å². The maximum Gasteiger partial charge on any atom is 0.224 e. The molecule has 104 valence electrons. The highest BCUT2D eigenvalue weighted by atomic mass is 15.2. The lowest BCUT2D eigenvalue weighted by molar-refractivity contribution is 0.602. The Balaban J connectivity index is 1.73. The molecule has 2 aliphatic carbocycles. The Labute approximate surface area is 117 Å². The van der Waals surface area contributed by atoms with Crippen LogP contribution in [-0.2, 0) is 0 Å². The van der Waals surface area contributed by atoms with Crippen molar-refractivity contribution in [3.8, 4) is 0 Å². The second kappa shape index (κ2) is 4.47. The Kier molecular flexibility index (Phi) is 2.61. The van der Waals surface area contributed by atoms with Crippen molar-refractivity contribution in [1.82, 2.24) is 19.5 Å². The van der Waals surface area contributed by atoms with Crippen LogP contribution in [0.1, 0.15) is 31.7 Å². The van der Waals surface area contributed by atoms with Gasteiger partial charge in [-0.05, 0) is 31.6 Å². The average Bonchev–Trinajstić information content (AvgIpc) is 2.94. The zero-order valence-electron chi connectivity index (χ0n) is 11.3. The number of fused-ring (bicyclic) bond motifs is 1. The number of anilines is 2. The van der Waals surface area contributed by atoms with Crippen molar-refractivity contribution in [3.05, 3.63) is 18.5 Å². The fraction of sp³-hybridized carbons (Fsp3) is 0.500. The standard InChI is InChI=1S/C14H18N6/c15-14-18-12(16-7-9-5-6-9)11-13(19-14)20(8-17-11)10-3-1-2-4-10/h1,3,8-10H,2,4-7H2,(H3,15,16,18,19). The minimum Gasteiger partial charge on any atom is -0.368 e. The van der Waals surface area contributed by atoms with E-state index >= 15 is 0 Å². The topological polar surface area (TPSA) is 81.6 Å². The predicted molar refractivity (Wildman–Crippen MR) is 78.4 cm³/mol. The number of nitrogen functional groups attached to an aromatic ring is 1. The Morgan fingerprint density at radius 3 is 2.95 bits per heavy atom. The number of nitrogens with zero attached hydrogens (tertiary/aromatic N) is 4. The normalized spacial score (nSPS) is 21.7. The summed E-state index contributed by atoms with van der Waals surface area (Å²) < 4.78 is 2.10. The molecule has 4 rings (SSSR count). The van der Waals surface area contributed by atoms with Crippen molar-refractivity contribution in [2.24, 2.45) is 5.92 Å². The van der Waals surface area contributed by atoms with Crippen LogP contribution in [0, 0.1) is 5.92 Å². The lowest BCUT2D eigenvalue weighted by atomic mass is 10.2. The highest BCUT2D eigenvalue weighted by molar-refractivity contribution is 5.84. The first-order valence-electron chi connectivity index (χ1n) is 7.22. The first-order chi connectivity index (χ1) is 9.81. The van der Waals surface area contributed by atoms with Crippen molar-refractivity contribution in [1.29, 1.82) is 0 Å². The number of nitrogens with one attached hydrogen (secondary N) is 1. The zero-order chi connectivity index (χ0) is 13.5. The van der Waals surface area contributed by atoms with E-state index in [4.69, 9.17) is 5.73 Å². The lowest BCUT2D eigenvalue weighted by Crippen LogP contribution is -2.09. The molecule has 0 radical (unpaired) electrons. The van der Waals surface area contributed by atoms with Crippen LogP contribution in [0.4, 0.5) is 11.8 Å². The van der Waals surface area contributed by atoms with Crippen LogP contribution < -0.4 is 11.1 Å². The molecule has 2 heterocycles. The molecule has 3 N–H and O–H groups in total. The van der Waals surface area contributed by atoms with Crippen LogP contribution in [0.2, 0.25) is 0 Å². The molecule has 20 heavy (non-hydrogen) atoms. The van der Waals surface area contributed by atoms with Crippen molar-refractivity contribution in [2.75, 3.05) is 17.6 Å². The molecule has 0 amide bonds. The summed E-state index contributed by atoms with van der Waals surface area (Å²) >= 11 is 0. The third-order valence-electron chi connectivity index (χ3n) is 4.04. The second-order valence-electron chi connectivity index (χ2n) is 5.65. The Hall–Kier alpha value is -2.11. The van der Waals surface area contributed by atoms with Crippen LogP contribution in [0.3, 0.4) is 0 Å². The number of imidazole rings is 1. The number of aromatic nitrogens is 4. The summed E-state index contributed by atoms with van der Waals surface area (Å²) in [6.45, 7) is 0.946. The van der Waals surface area contributed by atoms with Crippen LogP contribution >= 0.6 is 0 Å². The summed E-state index contributed by atoms with van der Waals surface area (Å²) in [5.74, 6) is 1.85. The van der Waals surface area contributed by atoms with Gasteiger partial charge in [0.15, 0.2) is 17.0 Å².